The number of nitrogen functional groups attached to an aromatic ring is 1. The van der Waals surface area contributed by atoms with Crippen molar-refractivity contribution in [1.29, 1.82) is 0 Å². The average Bonchev–Trinajstić information content (AvgIpc) is 3.11. The Morgan fingerprint density at radius 3 is 2.78 bits per heavy atom. The van der Waals surface area contributed by atoms with Gasteiger partial charge in [-0.15, -0.1) is 0 Å². The standard InChI is InChI=1S/C13H18N2O3/c14-10-3-1-2-9(11(10)17)12(18)15-8-13(4-5-13)6-7-16/h1-3,16-17H,4-8,14H2,(H,15,18). The quantitative estimate of drug-likeness (QED) is 0.460. The second-order valence-electron chi connectivity index (χ2n) is 4.90. The van der Waals surface area contributed by atoms with E-state index in [1.807, 2.05) is 0 Å². The third-order valence-electron chi connectivity index (χ3n) is 3.54. The summed E-state index contributed by atoms with van der Waals surface area (Å²) in [6.45, 7) is 0.667. The summed E-state index contributed by atoms with van der Waals surface area (Å²) in [5, 5.41) is 21.4. The van der Waals surface area contributed by atoms with Crippen molar-refractivity contribution in [2.45, 2.75) is 19.3 Å². The van der Waals surface area contributed by atoms with Crippen molar-refractivity contribution in [1.82, 2.24) is 5.32 Å². The maximum absolute atomic E-state index is 11.9. The summed E-state index contributed by atoms with van der Waals surface area (Å²) in [5.74, 6) is -0.508. The number of benzene rings is 1. The molecule has 0 aliphatic heterocycles. The Hall–Kier alpha value is -1.75. The zero-order valence-electron chi connectivity index (χ0n) is 10.1. The normalized spacial score (nSPS) is 16.3. The van der Waals surface area contributed by atoms with E-state index < -0.39 is 0 Å². The van der Waals surface area contributed by atoms with Crippen LogP contribution in [-0.2, 0) is 0 Å². The fourth-order valence-electron chi connectivity index (χ4n) is 2.04. The SMILES string of the molecule is Nc1cccc(C(=O)NCC2(CCO)CC2)c1O. The Kier molecular flexibility index (Phi) is 3.43. The van der Waals surface area contributed by atoms with Crippen LogP contribution in [0, 0.1) is 5.41 Å². The van der Waals surface area contributed by atoms with E-state index in [0.717, 1.165) is 12.8 Å². The molecule has 5 heteroatoms. The molecule has 2 rings (SSSR count). The molecule has 1 aliphatic carbocycles. The number of carbonyl (C=O) groups is 1. The summed E-state index contributed by atoms with van der Waals surface area (Å²) in [5.41, 5.74) is 5.98. The number of nitrogens with two attached hydrogens (primary N) is 1. The summed E-state index contributed by atoms with van der Waals surface area (Å²) >= 11 is 0. The second-order valence-corrected chi connectivity index (χ2v) is 4.90. The summed E-state index contributed by atoms with van der Waals surface area (Å²) in [6.07, 6.45) is 2.75. The molecule has 0 spiro atoms. The van der Waals surface area contributed by atoms with Gasteiger partial charge in [-0.05, 0) is 36.8 Å². The molecule has 0 unspecified atom stereocenters. The van der Waals surface area contributed by atoms with Crippen LogP contribution in [0.2, 0.25) is 0 Å². The molecular formula is C13H18N2O3. The number of phenolic OH excluding ortho intramolecular Hbond substituents is 1. The third-order valence-corrected chi connectivity index (χ3v) is 3.54. The first-order chi connectivity index (χ1) is 8.58. The first-order valence-corrected chi connectivity index (χ1v) is 6.04. The van der Waals surface area contributed by atoms with Crippen molar-refractivity contribution in [2.24, 2.45) is 5.41 Å². The Balaban J connectivity index is 1.98. The van der Waals surface area contributed by atoms with Crippen LogP contribution in [0.25, 0.3) is 0 Å². The lowest BCUT2D eigenvalue weighted by Crippen LogP contribution is -2.30. The van der Waals surface area contributed by atoms with Gasteiger partial charge in [0.05, 0.1) is 11.3 Å². The Morgan fingerprint density at radius 1 is 1.44 bits per heavy atom. The molecular weight excluding hydrogens is 232 g/mol. The lowest BCUT2D eigenvalue weighted by Gasteiger charge is -2.15. The van der Waals surface area contributed by atoms with Gasteiger partial charge in [-0.25, -0.2) is 0 Å². The summed E-state index contributed by atoms with van der Waals surface area (Å²) in [6, 6.07) is 4.71. The molecule has 0 saturated heterocycles. The number of amides is 1. The van der Waals surface area contributed by atoms with E-state index in [2.05, 4.69) is 5.32 Å². The molecule has 1 aromatic carbocycles. The fraction of sp³-hybridized carbons (Fsp3) is 0.462. The zero-order valence-corrected chi connectivity index (χ0v) is 10.1. The van der Waals surface area contributed by atoms with Gasteiger partial charge in [-0.1, -0.05) is 6.07 Å². The molecule has 1 amide bonds. The van der Waals surface area contributed by atoms with Crippen LogP contribution in [0.5, 0.6) is 5.75 Å². The first-order valence-electron chi connectivity index (χ1n) is 6.04. The lowest BCUT2D eigenvalue weighted by atomic mass is 10.0. The number of rotatable bonds is 5. The highest BCUT2D eigenvalue weighted by Gasteiger charge is 2.41. The van der Waals surface area contributed by atoms with Crippen LogP contribution in [0.15, 0.2) is 18.2 Å². The molecule has 1 aliphatic rings. The highest BCUT2D eigenvalue weighted by Crippen LogP contribution is 2.47. The summed E-state index contributed by atoms with van der Waals surface area (Å²) in [7, 11) is 0. The summed E-state index contributed by atoms with van der Waals surface area (Å²) in [4.78, 5) is 11.9. The van der Waals surface area contributed by atoms with E-state index >= 15 is 0 Å². The number of hydrogen-bond donors (Lipinski definition) is 4. The van der Waals surface area contributed by atoms with Gasteiger partial charge in [0.25, 0.3) is 5.91 Å². The van der Waals surface area contributed by atoms with Crippen molar-refractivity contribution in [3.8, 4) is 5.75 Å². The Bertz CT molecular complexity index is 456. The molecule has 0 atom stereocenters. The van der Waals surface area contributed by atoms with Gasteiger partial charge >= 0.3 is 0 Å². The predicted octanol–water partition coefficient (Wildman–Crippen LogP) is 0.867. The number of hydrogen-bond acceptors (Lipinski definition) is 4. The van der Waals surface area contributed by atoms with Crippen molar-refractivity contribution >= 4 is 11.6 Å². The van der Waals surface area contributed by atoms with Crippen molar-refractivity contribution in [3.05, 3.63) is 23.8 Å². The van der Waals surface area contributed by atoms with E-state index in [1.165, 1.54) is 6.07 Å². The molecule has 1 fully saturated rings. The Labute approximate surface area is 106 Å². The lowest BCUT2D eigenvalue weighted by molar-refractivity contribution is 0.0938. The maximum Gasteiger partial charge on any atom is 0.255 e. The number of phenols is 1. The second kappa shape index (κ2) is 4.86. The number of aromatic hydroxyl groups is 1. The highest BCUT2D eigenvalue weighted by molar-refractivity contribution is 5.98. The number of aliphatic hydroxyl groups is 1. The highest BCUT2D eigenvalue weighted by atomic mass is 16.3. The van der Waals surface area contributed by atoms with Crippen molar-refractivity contribution in [2.75, 3.05) is 18.9 Å². The molecule has 98 valence electrons. The molecule has 1 saturated carbocycles. The molecule has 0 aromatic heterocycles. The van der Waals surface area contributed by atoms with Gasteiger partial charge in [-0.2, -0.15) is 0 Å². The molecule has 18 heavy (non-hydrogen) atoms. The van der Waals surface area contributed by atoms with E-state index in [-0.39, 0.29) is 34.9 Å². The van der Waals surface area contributed by atoms with Crippen LogP contribution in [-0.4, -0.2) is 29.3 Å². The number of aliphatic hydroxyl groups excluding tert-OH is 1. The van der Waals surface area contributed by atoms with E-state index in [1.54, 1.807) is 12.1 Å². The van der Waals surface area contributed by atoms with Crippen LogP contribution < -0.4 is 11.1 Å². The molecule has 0 heterocycles. The van der Waals surface area contributed by atoms with Crippen LogP contribution in [0.4, 0.5) is 5.69 Å². The van der Waals surface area contributed by atoms with Crippen molar-refractivity contribution < 1.29 is 15.0 Å². The Morgan fingerprint density at radius 2 is 2.17 bits per heavy atom. The van der Waals surface area contributed by atoms with Crippen LogP contribution >= 0.6 is 0 Å². The molecule has 5 nitrogen and oxygen atoms in total. The molecule has 0 bridgehead atoms. The molecule has 5 N–H and O–H groups in total. The molecule has 0 radical (unpaired) electrons. The van der Waals surface area contributed by atoms with Crippen LogP contribution in [0.3, 0.4) is 0 Å². The minimum atomic E-state index is -0.330. The maximum atomic E-state index is 11.9. The first kappa shape index (κ1) is 12.7. The predicted molar refractivity (Wildman–Crippen MR) is 68.2 cm³/mol. The topological polar surface area (TPSA) is 95.6 Å². The largest absolute Gasteiger partial charge is 0.505 e. The number of nitrogens with one attached hydrogen (secondary N) is 1. The monoisotopic (exact) mass is 250 g/mol. The minimum Gasteiger partial charge on any atom is -0.505 e. The van der Waals surface area contributed by atoms with E-state index in [9.17, 15) is 9.90 Å². The van der Waals surface area contributed by atoms with Gasteiger partial charge in [0.1, 0.15) is 0 Å². The van der Waals surface area contributed by atoms with Gasteiger partial charge in [-0.3, -0.25) is 4.79 Å². The van der Waals surface area contributed by atoms with Gasteiger partial charge in [0, 0.05) is 13.2 Å². The van der Waals surface area contributed by atoms with Gasteiger partial charge in [0.2, 0.25) is 0 Å². The average molecular weight is 250 g/mol. The number of anilines is 1. The fourth-order valence-corrected chi connectivity index (χ4v) is 2.04. The van der Waals surface area contributed by atoms with Crippen LogP contribution in [0.1, 0.15) is 29.6 Å². The van der Waals surface area contributed by atoms with Crippen molar-refractivity contribution in [3.63, 3.8) is 0 Å². The van der Waals surface area contributed by atoms with Gasteiger partial charge < -0.3 is 21.3 Å². The van der Waals surface area contributed by atoms with Gasteiger partial charge in [0.15, 0.2) is 5.75 Å². The number of para-hydroxylation sites is 1. The van der Waals surface area contributed by atoms with E-state index in [0.29, 0.717) is 13.0 Å². The minimum absolute atomic E-state index is 0.0559. The summed E-state index contributed by atoms with van der Waals surface area (Å²) < 4.78 is 0. The van der Waals surface area contributed by atoms with E-state index in [4.69, 9.17) is 10.8 Å². The smallest absolute Gasteiger partial charge is 0.255 e. The molecule has 1 aromatic rings. The number of carbonyl (C=O) groups excluding carboxylic acids is 1. The third kappa shape index (κ3) is 2.56. The zero-order chi connectivity index (χ0) is 13.2.